The lowest BCUT2D eigenvalue weighted by Crippen LogP contribution is -2.56. The zero-order valence-corrected chi connectivity index (χ0v) is 9.42. The fraction of sp³-hybridized carbons (Fsp3) is 0.900. The van der Waals surface area contributed by atoms with E-state index in [4.69, 9.17) is 0 Å². The highest BCUT2D eigenvalue weighted by molar-refractivity contribution is 5.82. The summed E-state index contributed by atoms with van der Waals surface area (Å²) in [5.74, 6) is 0.238. The highest BCUT2D eigenvalue weighted by Gasteiger charge is 2.27. The smallest absolute Gasteiger partial charge is 0.240 e. The molecule has 1 amide bonds. The first-order valence-corrected chi connectivity index (χ1v) is 5.32. The molecule has 0 radical (unpaired) electrons. The van der Waals surface area contributed by atoms with Gasteiger partial charge in [0.2, 0.25) is 5.91 Å². The van der Waals surface area contributed by atoms with Crippen LogP contribution < -0.4 is 5.32 Å². The fourth-order valence-corrected chi connectivity index (χ4v) is 1.78. The summed E-state index contributed by atoms with van der Waals surface area (Å²) in [6, 6.07) is 0.0281. The quantitative estimate of drug-likeness (QED) is 0.681. The number of likely N-dealkylation sites (N-methyl/N-ethyl adjacent to an activating group) is 2. The second-order valence-electron chi connectivity index (χ2n) is 3.96. The third-order valence-electron chi connectivity index (χ3n) is 2.73. The van der Waals surface area contributed by atoms with Crippen molar-refractivity contribution in [3.8, 4) is 0 Å². The molecule has 1 atom stereocenters. The Morgan fingerprint density at radius 2 is 2.36 bits per heavy atom. The molecule has 1 unspecified atom stereocenters. The molecule has 0 saturated carbocycles. The molecule has 4 nitrogen and oxygen atoms in total. The van der Waals surface area contributed by atoms with Crippen molar-refractivity contribution in [3.63, 3.8) is 0 Å². The molecule has 1 fully saturated rings. The van der Waals surface area contributed by atoms with Crippen LogP contribution in [0.1, 0.15) is 13.3 Å². The van der Waals surface area contributed by atoms with Crippen LogP contribution in [0, 0.1) is 0 Å². The van der Waals surface area contributed by atoms with Gasteiger partial charge in [-0.25, -0.2) is 0 Å². The SMILES string of the molecule is CCCN(C)C(=O)C1CNCCN1C. The standard InChI is InChI=1S/C10H21N3O/c1-4-6-13(3)10(14)9-8-11-5-7-12(9)2/h9,11H,4-8H2,1-3H3. The van der Waals surface area contributed by atoms with E-state index < -0.39 is 0 Å². The lowest BCUT2D eigenvalue weighted by atomic mass is 10.2. The first-order chi connectivity index (χ1) is 6.66. The van der Waals surface area contributed by atoms with Crippen LogP contribution >= 0.6 is 0 Å². The number of hydrogen-bond acceptors (Lipinski definition) is 3. The highest BCUT2D eigenvalue weighted by atomic mass is 16.2. The molecule has 1 N–H and O–H groups in total. The summed E-state index contributed by atoms with van der Waals surface area (Å²) < 4.78 is 0. The van der Waals surface area contributed by atoms with Crippen molar-refractivity contribution in [2.75, 3.05) is 40.3 Å². The summed E-state index contributed by atoms with van der Waals surface area (Å²) in [6.45, 7) is 5.66. The number of hydrogen-bond donors (Lipinski definition) is 1. The minimum atomic E-state index is 0.0281. The van der Waals surface area contributed by atoms with Crippen LogP contribution in [0.25, 0.3) is 0 Å². The second-order valence-corrected chi connectivity index (χ2v) is 3.96. The van der Waals surface area contributed by atoms with E-state index in [0.717, 1.165) is 32.6 Å². The first kappa shape index (κ1) is 11.5. The van der Waals surface area contributed by atoms with Gasteiger partial charge in [-0.05, 0) is 13.5 Å². The van der Waals surface area contributed by atoms with E-state index in [1.54, 1.807) is 0 Å². The molecule has 0 aromatic carbocycles. The van der Waals surface area contributed by atoms with E-state index in [1.807, 2.05) is 19.0 Å². The molecule has 82 valence electrons. The molecule has 1 aliphatic heterocycles. The van der Waals surface area contributed by atoms with E-state index in [9.17, 15) is 4.79 Å². The van der Waals surface area contributed by atoms with Crippen molar-refractivity contribution in [1.82, 2.24) is 15.1 Å². The largest absolute Gasteiger partial charge is 0.344 e. The Morgan fingerprint density at radius 1 is 1.64 bits per heavy atom. The molecule has 1 heterocycles. The van der Waals surface area contributed by atoms with Gasteiger partial charge < -0.3 is 10.2 Å². The van der Waals surface area contributed by atoms with Gasteiger partial charge in [0.1, 0.15) is 6.04 Å². The molecule has 0 aromatic heterocycles. The van der Waals surface area contributed by atoms with Crippen LogP contribution in [0.5, 0.6) is 0 Å². The van der Waals surface area contributed by atoms with Crippen molar-refractivity contribution >= 4 is 5.91 Å². The predicted octanol–water partition coefficient (Wildman–Crippen LogP) is -0.242. The molecule has 1 aliphatic rings. The number of amides is 1. The maximum atomic E-state index is 11.9. The molecule has 4 heteroatoms. The average molecular weight is 199 g/mol. The van der Waals surface area contributed by atoms with Crippen LogP contribution in [0.2, 0.25) is 0 Å². The van der Waals surface area contributed by atoms with Crippen molar-refractivity contribution < 1.29 is 4.79 Å². The third-order valence-corrected chi connectivity index (χ3v) is 2.73. The third kappa shape index (κ3) is 2.69. The average Bonchev–Trinajstić information content (AvgIpc) is 2.18. The van der Waals surface area contributed by atoms with Gasteiger partial charge in [0.25, 0.3) is 0 Å². The van der Waals surface area contributed by atoms with Gasteiger partial charge in [-0.1, -0.05) is 6.92 Å². The summed E-state index contributed by atoms with van der Waals surface area (Å²) in [4.78, 5) is 15.9. The molecule has 1 saturated heterocycles. The molecule has 0 spiro atoms. The minimum absolute atomic E-state index is 0.0281. The van der Waals surface area contributed by atoms with Gasteiger partial charge in [0.15, 0.2) is 0 Å². The molecule has 14 heavy (non-hydrogen) atoms. The van der Waals surface area contributed by atoms with Crippen molar-refractivity contribution in [2.45, 2.75) is 19.4 Å². The molecule has 0 aliphatic carbocycles. The van der Waals surface area contributed by atoms with E-state index >= 15 is 0 Å². The molecule has 0 bridgehead atoms. The van der Waals surface area contributed by atoms with Crippen LogP contribution in [0.4, 0.5) is 0 Å². The van der Waals surface area contributed by atoms with E-state index in [0.29, 0.717) is 0 Å². The van der Waals surface area contributed by atoms with E-state index in [1.165, 1.54) is 0 Å². The Hall–Kier alpha value is -0.610. The minimum Gasteiger partial charge on any atom is -0.344 e. The Morgan fingerprint density at radius 3 is 2.93 bits per heavy atom. The number of rotatable bonds is 3. The van der Waals surface area contributed by atoms with Crippen LogP contribution in [0.15, 0.2) is 0 Å². The summed E-state index contributed by atoms with van der Waals surface area (Å²) in [6.07, 6.45) is 1.02. The van der Waals surface area contributed by atoms with Crippen LogP contribution in [-0.2, 0) is 4.79 Å². The topological polar surface area (TPSA) is 35.6 Å². The normalized spacial score (nSPS) is 23.5. The summed E-state index contributed by atoms with van der Waals surface area (Å²) in [5, 5.41) is 3.25. The van der Waals surface area contributed by atoms with E-state index in [-0.39, 0.29) is 11.9 Å². The monoisotopic (exact) mass is 199 g/mol. The highest BCUT2D eigenvalue weighted by Crippen LogP contribution is 2.04. The van der Waals surface area contributed by atoms with Crippen LogP contribution in [0.3, 0.4) is 0 Å². The summed E-state index contributed by atoms with van der Waals surface area (Å²) in [5.41, 5.74) is 0. The Labute approximate surface area is 86.2 Å². The Balaban J connectivity index is 2.49. The maximum Gasteiger partial charge on any atom is 0.240 e. The molecule has 0 aromatic rings. The van der Waals surface area contributed by atoms with Gasteiger partial charge >= 0.3 is 0 Å². The van der Waals surface area contributed by atoms with Gasteiger partial charge in [0.05, 0.1) is 0 Å². The number of nitrogens with zero attached hydrogens (tertiary/aromatic N) is 2. The zero-order chi connectivity index (χ0) is 10.6. The van der Waals surface area contributed by atoms with Crippen molar-refractivity contribution in [2.24, 2.45) is 0 Å². The number of nitrogens with one attached hydrogen (secondary N) is 1. The maximum absolute atomic E-state index is 11.9. The molecular weight excluding hydrogens is 178 g/mol. The first-order valence-electron chi connectivity index (χ1n) is 5.32. The number of piperazine rings is 1. The summed E-state index contributed by atoms with van der Waals surface area (Å²) >= 11 is 0. The lowest BCUT2D eigenvalue weighted by Gasteiger charge is -2.34. The van der Waals surface area contributed by atoms with Gasteiger partial charge in [-0.2, -0.15) is 0 Å². The number of carbonyl (C=O) groups excluding carboxylic acids is 1. The van der Waals surface area contributed by atoms with Crippen molar-refractivity contribution in [1.29, 1.82) is 0 Å². The van der Waals surface area contributed by atoms with Gasteiger partial charge in [0, 0.05) is 33.2 Å². The summed E-state index contributed by atoms with van der Waals surface area (Å²) in [7, 11) is 3.90. The number of carbonyl (C=O) groups is 1. The van der Waals surface area contributed by atoms with Crippen LogP contribution in [-0.4, -0.2) is 62.0 Å². The predicted molar refractivity (Wildman–Crippen MR) is 57.2 cm³/mol. The zero-order valence-electron chi connectivity index (χ0n) is 9.42. The van der Waals surface area contributed by atoms with Crippen molar-refractivity contribution in [3.05, 3.63) is 0 Å². The van der Waals surface area contributed by atoms with Gasteiger partial charge in [-0.3, -0.25) is 9.69 Å². The van der Waals surface area contributed by atoms with Gasteiger partial charge in [-0.15, -0.1) is 0 Å². The molecule has 1 rings (SSSR count). The second kappa shape index (κ2) is 5.32. The Bertz CT molecular complexity index is 196. The fourth-order valence-electron chi connectivity index (χ4n) is 1.78. The van der Waals surface area contributed by atoms with E-state index in [2.05, 4.69) is 17.1 Å². The lowest BCUT2D eigenvalue weighted by molar-refractivity contribution is -0.135. The Kier molecular flexibility index (Phi) is 4.35. The molecular formula is C10H21N3O.